The van der Waals surface area contributed by atoms with Gasteiger partial charge in [-0.2, -0.15) is 0 Å². The number of ketones is 1. The largest absolute Gasteiger partial charge is 0.458 e. The summed E-state index contributed by atoms with van der Waals surface area (Å²) in [4.78, 5) is 25.8. The van der Waals surface area contributed by atoms with Crippen LogP contribution in [0, 0.1) is 40.4 Å². The Labute approximate surface area is 196 Å². The molecule has 33 heavy (non-hydrogen) atoms. The lowest BCUT2D eigenvalue weighted by molar-refractivity contribution is -0.201. The van der Waals surface area contributed by atoms with E-state index in [2.05, 4.69) is 20.4 Å². The molecule has 0 N–H and O–H groups in total. The number of carbonyl (C=O) groups excluding carboxylic acids is 2. The fourth-order valence-electron chi connectivity index (χ4n) is 9.97. The zero-order chi connectivity index (χ0) is 23.0. The highest BCUT2D eigenvalue weighted by atomic mass is 16.6. The second-order valence-corrected chi connectivity index (χ2v) is 12.8. The number of esters is 1. The monoisotopic (exact) mass is 452 g/mol. The molecule has 4 aliphatic carbocycles. The normalized spacial score (nSPS) is 58.6. The zero-order valence-electron chi connectivity index (χ0n) is 20.1. The van der Waals surface area contributed by atoms with Crippen molar-refractivity contribution in [3.8, 4) is 0 Å². The molecule has 178 valence electrons. The van der Waals surface area contributed by atoms with Crippen LogP contribution in [0.25, 0.3) is 0 Å². The molecule has 5 nitrogen and oxygen atoms in total. The summed E-state index contributed by atoms with van der Waals surface area (Å²) >= 11 is 0. The van der Waals surface area contributed by atoms with Gasteiger partial charge in [-0.05, 0) is 87.5 Å². The third kappa shape index (κ3) is 2.32. The average molecular weight is 453 g/mol. The number of allylic oxidation sites excluding steroid dienone is 1. The van der Waals surface area contributed by atoms with Gasteiger partial charge in [0.1, 0.15) is 17.3 Å². The molecular weight excluding hydrogens is 416 g/mol. The van der Waals surface area contributed by atoms with E-state index in [9.17, 15) is 9.59 Å². The van der Waals surface area contributed by atoms with E-state index in [-0.39, 0.29) is 40.5 Å². The Morgan fingerprint density at radius 1 is 1.03 bits per heavy atom. The number of hydrogen-bond acceptors (Lipinski definition) is 5. The molecule has 11 atom stereocenters. The Kier molecular flexibility index (Phi) is 3.92. The predicted molar refractivity (Wildman–Crippen MR) is 121 cm³/mol. The molecule has 3 saturated carbocycles. The molecule has 0 radical (unpaired) electrons. The molecule has 2 bridgehead atoms. The maximum atomic E-state index is 13.3. The summed E-state index contributed by atoms with van der Waals surface area (Å²) in [6.07, 6.45) is 11.3. The molecule has 3 aliphatic heterocycles. The molecule has 0 aromatic heterocycles. The number of carbonyl (C=O) groups is 2. The Hall–Kier alpha value is -1.46. The van der Waals surface area contributed by atoms with Gasteiger partial charge in [-0.1, -0.05) is 19.6 Å². The number of ether oxygens (including phenoxy) is 3. The van der Waals surface area contributed by atoms with Crippen LogP contribution in [-0.2, 0) is 23.8 Å². The van der Waals surface area contributed by atoms with Gasteiger partial charge in [0.25, 0.3) is 0 Å². The van der Waals surface area contributed by atoms with E-state index in [1.807, 2.05) is 19.1 Å². The first kappa shape index (κ1) is 20.9. The summed E-state index contributed by atoms with van der Waals surface area (Å²) in [5.41, 5.74) is -0.520. The Balaban J connectivity index is 1.19. The quantitative estimate of drug-likeness (QED) is 0.335. The third-order valence-electron chi connectivity index (χ3n) is 12.0. The van der Waals surface area contributed by atoms with Gasteiger partial charge in [-0.25, -0.2) is 4.79 Å². The molecule has 0 aromatic rings. The van der Waals surface area contributed by atoms with Crippen molar-refractivity contribution in [1.29, 1.82) is 0 Å². The van der Waals surface area contributed by atoms with Gasteiger partial charge in [0.2, 0.25) is 0 Å². The maximum Gasteiger partial charge on any atom is 0.336 e. The summed E-state index contributed by atoms with van der Waals surface area (Å²) in [5.74, 6) is 2.29. The first-order chi connectivity index (χ1) is 15.6. The first-order valence-corrected chi connectivity index (χ1v) is 13.1. The van der Waals surface area contributed by atoms with Gasteiger partial charge >= 0.3 is 5.97 Å². The topological polar surface area (TPSA) is 65.1 Å². The van der Waals surface area contributed by atoms with Crippen LogP contribution in [0.1, 0.15) is 65.7 Å². The fourth-order valence-corrected chi connectivity index (χ4v) is 9.97. The van der Waals surface area contributed by atoms with Gasteiger partial charge in [0, 0.05) is 12.3 Å². The Morgan fingerprint density at radius 2 is 1.79 bits per heavy atom. The van der Waals surface area contributed by atoms with E-state index in [1.165, 1.54) is 6.42 Å². The molecule has 7 rings (SSSR count). The maximum absolute atomic E-state index is 13.3. The predicted octanol–water partition coefficient (Wildman–Crippen LogP) is 4.40. The van der Waals surface area contributed by atoms with Crippen LogP contribution < -0.4 is 0 Å². The van der Waals surface area contributed by atoms with Crippen molar-refractivity contribution in [1.82, 2.24) is 0 Å². The van der Waals surface area contributed by atoms with Crippen LogP contribution in [0.2, 0.25) is 0 Å². The van der Waals surface area contributed by atoms with E-state index in [0.717, 1.165) is 38.5 Å². The Morgan fingerprint density at radius 3 is 2.58 bits per heavy atom. The second-order valence-electron chi connectivity index (χ2n) is 12.8. The lowest BCUT2D eigenvalue weighted by Crippen LogP contribution is -2.61. The highest BCUT2D eigenvalue weighted by Crippen LogP contribution is 2.73. The van der Waals surface area contributed by atoms with Gasteiger partial charge in [-0.15, -0.1) is 0 Å². The summed E-state index contributed by atoms with van der Waals surface area (Å²) in [7, 11) is 0. The summed E-state index contributed by atoms with van der Waals surface area (Å²) in [6, 6.07) is 0. The van der Waals surface area contributed by atoms with Crippen LogP contribution in [0.3, 0.4) is 0 Å². The smallest absolute Gasteiger partial charge is 0.336 e. The van der Waals surface area contributed by atoms with Gasteiger partial charge in [0.05, 0.1) is 23.7 Å². The van der Waals surface area contributed by atoms with Crippen LogP contribution in [-0.4, -0.2) is 41.8 Å². The van der Waals surface area contributed by atoms with Gasteiger partial charge in [0.15, 0.2) is 5.78 Å². The van der Waals surface area contributed by atoms with Crippen LogP contribution in [0.15, 0.2) is 24.3 Å². The zero-order valence-corrected chi connectivity index (χ0v) is 20.1. The molecule has 3 saturated heterocycles. The lowest BCUT2D eigenvalue weighted by atomic mass is 9.44. The standard InChI is InChI=1S/C28H36O5/c1-15-24(30)32-21-13-26(15,3)31-14-17(21)19-8-7-18-16-12-23-28(33-23)10-5-6-22(29)27(28,4)20(16)9-11-25(18,19)2/h5-6,16-21,23H,1,7-14H2,2-4H3/t16-,17-,18-,19+,20-,21+,23+,25-,26+,27-,28+/m0/s1. The third-order valence-corrected chi connectivity index (χ3v) is 12.0. The number of fused-ring (bicyclic) bond motifs is 6. The van der Waals surface area contributed by atoms with Crippen molar-refractivity contribution in [2.45, 2.75) is 89.1 Å². The summed E-state index contributed by atoms with van der Waals surface area (Å²) in [6.45, 7) is 11.3. The van der Waals surface area contributed by atoms with Gasteiger partial charge < -0.3 is 14.2 Å². The molecule has 1 spiro atoms. The lowest BCUT2D eigenvalue weighted by Gasteiger charge is -2.58. The molecule has 0 aromatic carbocycles. The number of hydrogen-bond donors (Lipinski definition) is 0. The fraction of sp³-hybridized carbons (Fsp3) is 0.786. The highest BCUT2D eigenvalue weighted by molar-refractivity contribution is 5.97. The van der Waals surface area contributed by atoms with Crippen molar-refractivity contribution in [2.24, 2.45) is 40.4 Å². The van der Waals surface area contributed by atoms with E-state index in [1.54, 1.807) is 0 Å². The molecule has 3 heterocycles. The summed E-state index contributed by atoms with van der Waals surface area (Å²) < 4.78 is 18.6. The van der Waals surface area contributed by atoms with Crippen LogP contribution >= 0.6 is 0 Å². The molecular formula is C28H36O5. The molecule has 0 amide bonds. The van der Waals surface area contributed by atoms with Crippen LogP contribution in [0.4, 0.5) is 0 Å². The van der Waals surface area contributed by atoms with Crippen molar-refractivity contribution in [3.63, 3.8) is 0 Å². The Bertz CT molecular complexity index is 1000. The van der Waals surface area contributed by atoms with Crippen molar-refractivity contribution in [2.75, 3.05) is 6.61 Å². The average Bonchev–Trinajstić information content (AvgIpc) is 3.37. The molecule has 0 unspecified atom stereocenters. The molecule has 5 heteroatoms. The van der Waals surface area contributed by atoms with Gasteiger partial charge in [-0.3, -0.25) is 4.79 Å². The van der Waals surface area contributed by atoms with E-state index >= 15 is 0 Å². The SMILES string of the molecule is C=C1C(=O)O[C@@H]2C[C@@]1(C)OC[C@H]2[C@H]1CC[C@H]2[C@@H]3C[C@H]4O[C@]45CC=CC(=O)[C@]5(C)[C@H]3CC[C@]12C. The minimum Gasteiger partial charge on any atom is -0.458 e. The van der Waals surface area contributed by atoms with Crippen molar-refractivity contribution in [3.05, 3.63) is 24.3 Å². The molecule has 6 fully saturated rings. The first-order valence-electron chi connectivity index (χ1n) is 13.1. The summed E-state index contributed by atoms with van der Waals surface area (Å²) in [5, 5.41) is 0. The number of epoxide rings is 1. The van der Waals surface area contributed by atoms with Crippen molar-refractivity contribution < 1.29 is 23.8 Å². The number of rotatable bonds is 1. The van der Waals surface area contributed by atoms with E-state index in [4.69, 9.17) is 14.2 Å². The van der Waals surface area contributed by atoms with E-state index < -0.39 is 5.60 Å². The van der Waals surface area contributed by atoms with E-state index in [0.29, 0.717) is 41.6 Å². The minimum atomic E-state index is -0.577. The second kappa shape index (κ2) is 6.20. The molecule has 7 aliphatic rings. The minimum absolute atomic E-state index is 0.0756. The van der Waals surface area contributed by atoms with Crippen molar-refractivity contribution >= 4 is 11.8 Å². The highest BCUT2D eigenvalue weighted by Gasteiger charge is 2.77. The van der Waals surface area contributed by atoms with Crippen LogP contribution in [0.5, 0.6) is 0 Å².